The zero-order chi connectivity index (χ0) is 33.2. The van der Waals surface area contributed by atoms with Gasteiger partial charge < -0.3 is 14.9 Å². The molecule has 0 saturated carbocycles. The second kappa shape index (κ2) is 11.1. The molecule has 3 aromatic carbocycles. The highest BCUT2D eigenvalue weighted by Gasteiger charge is 2.39. The fourth-order valence-electron chi connectivity index (χ4n) is 6.11. The maximum atomic E-state index is 13.7. The molecule has 4 rings (SSSR count). The Morgan fingerprint density at radius 3 is 1.66 bits per heavy atom. The predicted molar refractivity (Wildman–Crippen MR) is 177 cm³/mol. The maximum absolute atomic E-state index is 13.7. The van der Waals surface area contributed by atoms with E-state index in [1.54, 1.807) is 0 Å². The van der Waals surface area contributed by atoms with Crippen LogP contribution in [-0.2, 0) is 31.2 Å². The van der Waals surface area contributed by atoms with Crippen molar-refractivity contribution in [3.63, 3.8) is 0 Å². The van der Waals surface area contributed by atoms with Crippen molar-refractivity contribution in [3.05, 3.63) is 93.0 Å². The van der Waals surface area contributed by atoms with Gasteiger partial charge in [0.2, 0.25) is 0 Å². The number of hydrogen-bond acceptors (Lipinski definition) is 4. The van der Waals surface area contributed by atoms with Crippen LogP contribution in [0.4, 0.5) is 0 Å². The minimum absolute atomic E-state index is 0.133. The topological polar surface area (TPSA) is 83.8 Å². The van der Waals surface area contributed by atoms with Crippen molar-refractivity contribution in [1.29, 1.82) is 0 Å². The van der Waals surface area contributed by atoms with Crippen molar-refractivity contribution in [2.45, 2.75) is 123 Å². The first kappa shape index (κ1) is 33.3. The van der Waals surface area contributed by atoms with E-state index < -0.39 is 17.8 Å². The van der Waals surface area contributed by atoms with E-state index >= 15 is 0 Å². The molecule has 0 aromatic heterocycles. The Morgan fingerprint density at radius 2 is 1.20 bits per heavy atom. The molecule has 1 aliphatic heterocycles. The van der Waals surface area contributed by atoms with Gasteiger partial charge in [-0.2, -0.15) is 0 Å². The van der Waals surface area contributed by atoms with Crippen LogP contribution in [0.2, 0.25) is 0 Å². The molecule has 0 amide bonds. The Hall–Kier alpha value is -3.60. The molecule has 5 heteroatoms. The number of ether oxygens (including phenoxy) is 1. The normalized spacial score (nSPS) is 16.5. The Morgan fingerprint density at radius 1 is 0.727 bits per heavy atom. The van der Waals surface area contributed by atoms with E-state index in [0.717, 1.165) is 44.5 Å². The standard InChI is InChI=1S/C39H50O5/c1-36(2,3)23-13-15-25(27(19-23)33-28-20-24(37(4,5)6)14-16-31(28)44-35(33)43)26(21-32(40)41)22-17-29(38(7,8)9)34(42)30(18-22)39(10,11)12/h13-20,26,33,42H,21H2,1-12H3,(H,40,41). The smallest absolute Gasteiger partial charge is 0.323 e. The van der Waals surface area contributed by atoms with Gasteiger partial charge in [-0.05, 0) is 66.7 Å². The van der Waals surface area contributed by atoms with Crippen molar-refractivity contribution in [2.24, 2.45) is 0 Å². The molecular formula is C39H50O5. The number of phenolic OH excluding ortho intramolecular Hbond substituents is 1. The summed E-state index contributed by atoms with van der Waals surface area (Å²) >= 11 is 0. The number of esters is 1. The molecule has 1 aliphatic rings. The minimum Gasteiger partial charge on any atom is -0.507 e. The van der Waals surface area contributed by atoms with E-state index in [1.807, 2.05) is 71.9 Å². The first-order chi connectivity index (χ1) is 20.0. The first-order valence-corrected chi connectivity index (χ1v) is 15.6. The number of aliphatic carboxylic acids is 1. The van der Waals surface area contributed by atoms with Crippen molar-refractivity contribution in [2.75, 3.05) is 0 Å². The van der Waals surface area contributed by atoms with Gasteiger partial charge in [-0.1, -0.05) is 126 Å². The quantitative estimate of drug-likeness (QED) is 0.226. The molecule has 2 atom stereocenters. The number of rotatable bonds is 5. The Labute approximate surface area is 263 Å². The molecule has 2 N–H and O–H groups in total. The molecule has 1 heterocycles. The van der Waals surface area contributed by atoms with Gasteiger partial charge in [-0.15, -0.1) is 0 Å². The van der Waals surface area contributed by atoms with Crippen LogP contribution in [0, 0.1) is 0 Å². The monoisotopic (exact) mass is 598 g/mol. The average Bonchev–Trinajstić information content (AvgIpc) is 3.19. The molecule has 3 aromatic rings. The van der Waals surface area contributed by atoms with E-state index in [-0.39, 0.29) is 39.8 Å². The number of aromatic hydroxyl groups is 1. The number of benzene rings is 3. The second-order valence-electron chi connectivity index (χ2n) is 16.6. The predicted octanol–water partition coefficient (Wildman–Crippen LogP) is 9.24. The van der Waals surface area contributed by atoms with Crippen LogP contribution >= 0.6 is 0 Å². The van der Waals surface area contributed by atoms with Crippen LogP contribution in [0.15, 0.2) is 48.5 Å². The molecule has 0 bridgehead atoms. The second-order valence-corrected chi connectivity index (χ2v) is 16.6. The largest absolute Gasteiger partial charge is 0.507 e. The highest BCUT2D eigenvalue weighted by molar-refractivity contribution is 5.90. The Kier molecular flexibility index (Phi) is 8.39. The summed E-state index contributed by atoms with van der Waals surface area (Å²) in [5.41, 5.74) is 5.73. The average molecular weight is 599 g/mol. The van der Waals surface area contributed by atoms with E-state index in [4.69, 9.17) is 4.74 Å². The zero-order valence-electron chi connectivity index (χ0n) is 28.6. The highest BCUT2D eigenvalue weighted by atomic mass is 16.5. The minimum atomic E-state index is -0.937. The zero-order valence-corrected chi connectivity index (χ0v) is 28.6. The van der Waals surface area contributed by atoms with E-state index in [1.165, 1.54) is 0 Å². The molecular weight excluding hydrogens is 548 g/mol. The Balaban J connectivity index is 2.07. The van der Waals surface area contributed by atoms with Crippen LogP contribution in [0.25, 0.3) is 0 Å². The van der Waals surface area contributed by atoms with Crippen molar-refractivity contribution >= 4 is 11.9 Å². The third-order valence-corrected chi connectivity index (χ3v) is 8.80. The fraction of sp³-hybridized carbons (Fsp3) is 0.487. The number of carboxylic acid groups (broad SMARTS) is 1. The summed E-state index contributed by atoms with van der Waals surface area (Å²) in [5, 5.41) is 21.7. The van der Waals surface area contributed by atoms with E-state index in [2.05, 4.69) is 59.7 Å². The molecule has 0 saturated heterocycles. The summed E-state index contributed by atoms with van der Waals surface area (Å²) in [7, 11) is 0. The molecule has 236 valence electrons. The van der Waals surface area contributed by atoms with E-state index in [9.17, 15) is 19.8 Å². The molecule has 5 nitrogen and oxygen atoms in total. The lowest BCUT2D eigenvalue weighted by atomic mass is 9.73. The number of carboxylic acids is 1. The van der Waals surface area contributed by atoms with Crippen LogP contribution in [0.5, 0.6) is 11.5 Å². The lowest BCUT2D eigenvalue weighted by molar-refractivity contribution is -0.137. The van der Waals surface area contributed by atoms with Crippen LogP contribution in [-0.4, -0.2) is 22.2 Å². The molecule has 0 aliphatic carbocycles. The van der Waals surface area contributed by atoms with Crippen LogP contribution < -0.4 is 4.74 Å². The van der Waals surface area contributed by atoms with Gasteiger partial charge in [0.25, 0.3) is 0 Å². The molecule has 0 spiro atoms. The van der Waals surface area contributed by atoms with Crippen molar-refractivity contribution in [1.82, 2.24) is 0 Å². The maximum Gasteiger partial charge on any atom is 0.323 e. The Bertz CT molecular complexity index is 1560. The third-order valence-electron chi connectivity index (χ3n) is 8.80. The molecule has 2 unspecified atom stereocenters. The summed E-state index contributed by atoms with van der Waals surface area (Å²) < 4.78 is 5.84. The summed E-state index contributed by atoms with van der Waals surface area (Å²) in [5.74, 6) is -1.76. The van der Waals surface area contributed by atoms with E-state index in [0.29, 0.717) is 5.75 Å². The van der Waals surface area contributed by atoms with Crippen LogP contribution in [0.1, 0.15) is 146 Å². The number of carbonyl (C=O) groups excluding carboxylic acids is 1. The fourth-order valence-corrected chi connectivity index (χ4v) is 6.11. The summed E-state index contributed by atoms with van der Waals surface area (Å²) in [6.45, 7) is 25.1. The number of carbonyl (C=O) groups is 2. The lowest BCUT2D eigenvalue weighted by Gasteiger charge is -2.31. The number of fused-ring (bicyclic) bond motifs is 1. The summed E-state index contributed by atoms with van der Waals surface area (Å²) in [6, 6.07) is 16.0. The lowest BCUT2D eigenvalue weighted by Crippen LogP contribution is -2.21. The van der Waals surface area contributed by atoms with Gasteiger partial charge in [0.15, 0.2) is 0 Å². The van der Waals surface area contributed by atoms with Crippen molar-refractivity contribution in [3.8, 4) is 11.5 Å². The van der Waals surface area contributed by atoms with Gasteiger partial charge in [0.05, 0.1) is 6.42 Å². The SMILES string of the molecule is CC(C)(C)c1ccc2c(c1)C(c1cc(C(C)(C)C)ccc1C(CC(=O)O)c1cc(C(C)(C)C)c(O)c(C(C)(C)C)c1)C(=O)O2. The molecule has 0 fully saturated rings. The molecule has 0 radical (unpaired) electrons. The highest BCUT2D eigenvalue weighted by Crippen LogP contribution is 2.48. The third kappa shape index (κ3) is 6.57. The summed E-state index contributed by atoms with van der Waals surface area (Å²) in [4.78, 5) is 26.3. The number of phenols is 1. The van der Waals surface area contributed by atoms with Crippen LogP contribution in [0.3, 0.4) is 0 Å². The van der Waals surface area contributed by atoms with Gasteiger partial charge >= 0.3 is 11.9 Å². The number of hydrogen-bond donors (Lipinski definition) is 2. The summed E-state index contributed by atoms with van der Waals surface area (Å²) in [6.07, 6.45) is -0.170. The molecule has 44 heavy (non-hydrogen) atoms. The van der Waals surface area contributed by atoms with Gasteiger partial charge in [-0.25, -0.2) is 0 Å². The van der Waals surface area contributed by atoms with Gasteiger partial charge in [0.1, 0.15) is 17.4 Å². The van der Waals surface area contributed by atoms with Gasteiger partial charge in [-0.3, -0.25) is 9.59 Å². The first-order valence-electron chi connectivity index (χ1n) is 15.6. The van der Waals surface area contributed by atoms with Crippen molar-refractivity contribution < 1.29 is 24.5 Å². The van der Waals surface area contributed by atoms with Gasteiger partial charge in [0, 0.05) is 11.5 Å².